The molecule has 0 atom stereocenters. The molecular formula is C14H15N3O2. The topological polar surface area (TPSA) is 76.0 Å². The minimum atomic E-state index is -0.808. The van der Waals surface area contributed by atoms with E-state index < -0.39 is 5.97 Å². The third kappa shape index (κ3) is 3.13. The van der Waals surface area contributed by atoms with Crippen LogP contribution in [-0.2, 0) is 11.2 Å². The lowest BCUT2D eigenvalue weighted by Crippen LogP contribution is -2.05. The zero-order valence-electron chi connectivity index (χ0n) is 10.9. The summed E-state index contributed by atoms with van der Waals surface area (Å²) in [6.45, 7) is 3.77. The van der Waals surface area contributed by atoms with Gasteiger partial charge < -0.3 is 5.11 Å². The predicted molar refractivity (Wildman–Crippen MR) is 70.7 cm³/mol. The van der Waals surface area contributed by atoms with E-state index in [0.717, 1.165) is 22.5 Å². The van der Waals surface area contributed by atoms with Crippen LogP contribution in [0.2, 0.25) is 0 Å². The first-order valence-corrected chi connectivity index (χ1v) is 6.04. The zero-order valence-corrected chi connectivity index (χ0v) is 10.9. The SMILES string of the molecule is Cc1nc(-c2ccncc2)nc(C)c1CCC(=O)O. The lowest BCUT2D eigenvalue weighted by atomic mass is 10.1. The molecule has 98 valence electrons. The van der Waals surface area contributed by atoms with Gasteiger partial charge in [-0.15, -0.1) is 0 Å². The second-order valence-corrected chi connectivity index (χ2v) is 4.33. The van der Waals surface area contributed by atoms with Gasteiger partial charge >= 0.3 is 5.97 Å². The number of pyridine rings is 1. The van der Waals surface area contributed by atoms with Crippen molar-refractivity contribution >= 4 is 5.97 Å². The van der Waals surface area contributed by atoms with Crippen molar-refractivity contribution in [3.8, 4) is 11.4 Å². The Morgan fingerprint density at radius 1 is 1.16 bits per heavy atom. The first-order chi connectivity index (χ1) is 9.08. The number of rotatable bonds is 4. The Bertz CT molecular complexity index is 574. The first kappa shape index (κ1) is 13.1. The average Bonchev–Trinajstić information content (AvgIpc) is 2.38. The van der Waals surface area contributed by atoms with E-state index >= 15 is 0 Å². The lowest BCUT2D eigenvalue weighted by molar-refractivity contribution is -0.136. The Morgan fingerprint density at radius 2 is 1.74 bits per heavy atom. The van der Waals surface area contributed by atoms with Crippen molar-refractivity contribution in [1.29, 1.82) is 0 Å². The number of carboxylic acid groups (broad SMARTS) is 1. The fraction of sp³-hybridized carbons (Fsp3) is 0.286. The maximum atomic E-state index is 10.6. The molecule has 0 aromatic carbocycles. The summed E-state index contributed by atoms with van der Waals surface area (Å²) in [4.78, 5) is 23.5. The van der Waals surface area contributed by atoms with Gasteiger partial charge in [-0.1, -0.05) is 0 Å². The third-order valence-corrected chi connectivity index (χ3v) is 2.95. The number of nitrogens with zero attached hydrogens (tertiary/aromatic N) is 3. The molecule has 2 rings (SSSR count). The first-order valence-electron chi connectivity index (χ1n) is 6.04. The number of hydrogen-bond donors (Lipinski definition) is 1. The highest BCUT2D eigenvalue weighted by Crippen LogP contribution is 2.19. The molecule has 5 nitrogen and oxygen atoms in total. The molecule has 0 amide bonds. The van der Waals surface area contributed by atoms with Crippen molar-refractivity contribution in [2.24, 2.45) is 0 Å². The Kier molecular flexibility index (Phi) is 3.85. The van der Waals surface area contributed by atoms with Crippen LogP contribution in [0.5, 0.6) is 0 Å². The summed E-state index contributed by atoms with van der Waals surface area (Å²) in [5.41, 5.74) is 3.49. The van der Waals surface area contributed by atoms with Gasteiger partial charge in [0.25, 0.3) is 0 Å². The number of carbonyl (C=O) groups is 1. The second-order valence-electron chi connectivity index (χ2n) is 4.33. The third-order valence-electron chi connectivity index (χ3n) is 2.95. The summed E-state index contributed by atoms with van der Waals surface area (Å²) < 4.78 is 0. The Balaban J connectivity index is 2.34. The average molecular weight is 257 g/mol. The molecule has 2 heterocycles. The standard InChI is InChI=1S/C14H15N3O2/c1-9-12(3-4-13(18)19)10(2)17-14(16-9)11-5-7-15-8-6-11/h5-8H,3-4H2,1-2H3,(H,18,19). The predicted octanol–water partition coefficient (Wildman–Crippen LogP) is 2.17. The molecule has 0 spiro atoms. The Labute approximate surface area is 111 Å². The molecule has 2 aromatic rings. The molecule has 0 bridgehead atoms. The van der Waals surface area contributed by atoms with E-state index in [-0.39, 0.29) is 6.42 Å². The highest BCUT2D eigenvalue weighted by atomic mass is 16.4. The molecule has 19 heavy (non-hydrogen) atoms. The van der Waals surface area contributed by atoms with E-state index in [2.05, 4.69) is 15.0 Å². The van der Waals surface area contributed by atoms with Gasteiger partial charge in [0.05, 0.1) is 0 Å². The zero-order chi connectivity index (χ0) is 13.8. The highest BCUT2D eigenvalue weighted by Gasteiger charge is 2.11. The largest absolute Gasteiger partial charge is 0.481 e. The van der Waals surface area contributed by atoms with Crippen LogP contribution in [0.1, 0.15) is 23.4 Å². The number of aromatic nitrogens is 3. The molecule has 5 heteroatoms. The van der Waals surface area contributed by atoms with Crippen LogP contribution >= 0.6 is 0 Å². The quantitative estimate of drug-likeness (QED) is 0.908. The molecule has 0 aliphatic heterocycles. The van der Waals surface area contributed by atoms with Gasteiger partial charge in [0.15, 0.2) is 5.82 Å². The molecule has 2 aromatic heterocycles. The van der Waals surface area contributed by atoms with E-state index in [1.54, 1.807) is 12.4 Å². The van der Waals surface area contributed by atoms with Crippen LogP contribution < -0.4 is 0 Å². The van der Waals surface area contributed by atoms with Crippen molar-refractivity contribution in [2.75, 3.05) is 0 Å². The molecule has 0 aliphatic rings. The minimum Gasteiger partial charge on any atom is -0.481 e. The molecule has 0 radical (unpaired) electrons. The second kappa shape index (κ2) is 5.56. The maximum Gasteiger partial charge on any atom is 0.303 e. The van der Waals surface area contributed by atoms with Crippen LogP contribution in [0, 0.1) is 13.8 Å². The van der Waals surface area contributed by atoms with Crippen LogP contribution in [0.4, 0.5) is 0 Å². The van der Waals surface area contributed by atoms with E-state index in [0.29, 0.717) is 12.2 Å². The van der Waals surface area contributed by atoms with E-state index in [1.807, 2.05) is 26.0 Å². The Hall–Kier alpha value is -2.30. The number of hydrogen-bond acceptors (Lipinski definition) is 4. The van der Waals surface area contributed by atoms with Gasteiger partial charge in [-0.25, -0.2) is 9.97 Å². The molecule has 0 aliphatic carbocycles. The summed E-state index contributed by atoms with van der Waals surface area (Å²) in [7, 11) is 0. The minimum absolute atomic E-state index is 0.0969. The summed E-state index contributed by atoms with van der Waals surface area (Å²) in [5, 5.41) is 8.74. The van der Waals surface area contributed by atoms with Gasteiger partial charge in [0.2, 0.25) is 0 Å². The molecule has 0 fully saturated rings. The molecular weight excluding hydrogens is 242 g/mol. The van der Waals surface area contributed by atoms with Gasteiger partial charge in [0.1, 0.15) is 0 Å². The fourth-order valence-corrected chi connectivity index (χ4v) is 1.96. The Morgan fingerprint density at radius 3 is 2.26 bits per heavy atom. The number of aliphatic carboxylic acids is 1. The van der Waals surface area contributed by atoms with Crippen molar-refractivity contribution in [2.45, 2.75) is 26.7 Å². The van der Waals surface area contributed by atoms with Gasteiger partial charge in [-0.2, -0.15) is 0 Å². The van der Waals surface area contributed by atoms with Gasteiger partial charge in [0, 0.05) is 35.8 Å². The molecule has 0 saturated carbocycles. The normalized spacial score (nSPS) is 10.4. The molecule has 0 saturated heterocycles. The number of carboxylic acids is 1. The highest BCUT2D eigenvalue weighted by molar-refractivity contribution is 5.67. The van der Waals surface area contributed by atoms with Crippen LogP contribution in [0.25, 0.3) is 11.4 Å². The molecule has 0 unspecified atom stereocenters. The fourth-order valence-electron chi connectivity index (χ4n) is 1.96. The van der Waals surface area contributed by atoms with E-state index in [4.69, 9.17) is 5.11 Å². The summed E-state index contributed by atoms with van der Waals surface area (Å²) in [6.07, 6.45) is 3.95. The van der Waals surface area contributed by atoms with E-state index in [9.17, 15) is 4.79 Å². The van der Waals surface area contributed by atoms with Gasteiger partial charge in [-0.3, -0.25) is 9.78 Å². The lowest BCUT2D eigenvalue weighted by Gasteiger charge is -2.10. The summed E-state index contributed by atoms with van der Waals surface area (Å²) in [6, 6.07) is 3.70. The summed E-state index contributed by atoms with van der Waals surface area (Å²) in [5.74, 6) is -0.159. The van der Waals surface area contributed by atoms with Crippen molar-refractivity contribution in [3.05, 3.63) is 41.5 Å². The van der Waals surface area contributed by atoms with Crippen LogP contribution in [-0.4, -0.2) is 26.0 Å². The number of aryl methyl sites for hydroxylation is 2. The smallest absolute Gasteiger partial charge is 0.303 e. The monoisotopic (exact) mass is 257 g/mol. The van der Waals surface area contributed by atoms with Crippen molar-refractivity contribution in [3.63, 3.8) is 0 Å². The maximum absolute atomic E-state index is 10.6. The van der Waals surface area contributed by atoms with Gasteiger partial charge in [-0.05, 0) is 38.0 Å². The van der Waals surface area contributed by atoms with Crippen LogP contribution in [0.3, 0.4) is 0 Å². The van der Waals surface area contributed by atoms with E-state index in [1.165, 1.54) is 0 Å². The van der Waals surface area contributed by atoms with Crippen LogP contribution in [0.15, 0.2) is 24.5 Å². The molecule has 1 N–H and O–H groups in total. The summed E-state index contributed by atoms with van der Waals surface area (Å²) >= 11 is 0. The van der Waals surface area contributed by atoms with Crippen molar-refractivity contribution < 1.29 is 9.90 Å². The van der Waals surface area contributed by atoms with Crippen molar-refractivity contribution in [1.82, 2.24) is 15.0 Å².